The van der Waals surface area contributed by atoms with E-state index in [-0.39, 0.29) is 23.7 Å². The van der Waals surface area contributed by atoms with Gasteiger partial charge in [0.15, 0.2) is 0 Å². The Morgan fingerprint density at radius 2 is 2.04 bits per heavy atom. The topological polar surface area (TPSA) is 76.5 Å². The lowest BCUT2D eigenvalue weighted by atomic mass is 10.2. The average molecular weight is 370 g/mol. The maximum absolute atomic E-state index is 12.7. The van der Waals surface area contributed by atoms with E-state index < -0.39 is 23.6 Å². The average Bonchev–Trinajstić information content (AvgIpc) is 2.94. The molecule has 0 aliphatic carbocycles. The van der Waals surface area contributed by atoms with Crippen molar-refractivity contribution in [3.63, 3.8) is 0 Å². The molecule has 0 aliphatic heterocycles. The number of likely N-dealkylation sites (N-methyl/N-ethyl adjacent to an activating group) is 1. The van der Waals surface area contributed by atoms with Crippen LogP contribution in [0.25, 0.3) is 0 Å². The van der Waals surface area contributed by atoms with Gasteiger partial charge in [-0.15, -0.1) is 5.10 Å². The number of benzene rings is 1. The fourth-order valence-electron chi connectivity index (χ4n) is 2.23. The van der Waals surface area contributed by atoms with E-state index in [0.29, 0.717) is 0 Å². The molecule has 0 saturated heterocycles. The maximum Gasteiger partial charge on any atom is 0.416 e. The third-order valence-corrected chi connectivity index (χ3v) is 3.42. The fraction of sp³-hybridized carbons (Fsp3) is 0.312. The van der Waals surface area contributed by atoms with Gasteiger partial charge in [-0.1, -0.05) is 6.07 Å². The highest BCUT2D eigenvalue weighted by molar-refractivity contribution is 6.00. The van der Waals surface area contributed by atoms with Crippen molar-refractivity contribution in [1.29, 1.82) is 0 Å². The number of nitrogens with zero attached hydrogens (tertiary/aromatic N) is 3. The van der Waals surface area contributed by atoms with Crippen molar-refractivity contribution in [2.24, 2.45) is 7.05 Å². The minimum absolute atomic E-state index is 0.00960. The molecule has 0 fully saturated rings. The highest BCUT2D eigenvalue weighted by atomic mass is 19.4. The number of hydrogen-bond donors (Lipinski definition) is 1. The number of hydrogen-bond acceptors (Lipinski definition) is 4. The summed E-state index contributed by atoms with van der Waals surface area (Å²) in [6, 6.07) is 4.25. The molecule has 0 radical (unpaired) electrons. The van der Waals surface area contributed by atoms with Crippen LogP contribution in [0.15, 0.2) is 30.5 Å². The van der Waals surface area contributed by atoms with E-state index in [1.54, 1.807) is 7.05 Å². The molecule has 0 spiro atoms. The van der Waals surface area contributed by atoms with Crippen molar-refractivity contribution >= 4 is 17.5 Å². The van der Waals surface area contributed by atoms with Crippen LogP contribution in [0.1, 0.15) is 15.9 Å². The normalized spacial score (nSPS) is 11.2. The number of ether oxygens (including phenoxy) is 1. The second kappa shape index (κ2) is 7.46. The van der Waals surface area contributed by atoms with Crippen molar-refractivity contribution < 1.29 is 27.5 Å². The molecule has 10 heteroatoms. The number of carbonyl (C=O) groups excluding carboxylic acids is 2. The van der Waals surface area contributed by atoms with Crippen LogP contribution in [-0.4, -0.2) is 47.2 Å². The molecule has 2 aromatic rings. The summed E-state index contributed by atoms with van der Waals surface area (Å²) in [4.78, 5) is 25.5. The SMILES string of the molecule is COc1nn(C)cc1C(=O)N(C)CC(=O)Nc1cccc(C(F)(F)F)c1. The number of methoxy groups -OCH3 is 1. The molecule has 1 heterocycles. The molecule has 140 valence electrons. The zero-order valence-electron chi connectivity index (χ0n) is 14.3. The lowest BCUT2D eigenvalue weighted by Crippen LogP contribution is -2.35. The van der Waals surface area contributed by atoms with E-state index >= 15 is 0 Å². The van der Waals surface area contributed by atoms with Crippen LogP contribution in [0, 0.1) is 0 Å². The van der Waals surface area contributed by atoms with Gasteiger partial charge in [0.1, 0.15) is 5.56 Å². The summed E-state index contributed by atoms with van der Waals surface area (Å²) >= 11 is 0. The standard InChI is InChI=1S/C16H17F3N4O3/c1-22(15(25)12-8-23(2)21-14(12)26-3)9-13(24)20-11-6-4-5-10(7-11)16(17,18)19/h4-8H,9H2,1-3H3,(H,20,24). The van der Waals surface area contributed by atoms with Gasteiger partial charge in [-0.3, -0.25) is 14.3 Å². The highest BCUT2D eigenvalue weighted by Gasteiger charge is 2.30. The monoisotopic (exact) mass is 370 g/mol. The molecule has 0 saturated carbocycles. The zero-order chi connectivity index (χ0) is 19.5. The first-order chi connectivity index (χ1) is 12.1. The lowest BCUT2D eigenvalue weighted by molar-refractivity contribution is -0.137. The van der Waals surface area contributed by atoms with Crippen molar-refractivity contribution in [2.75, 3.05) is 26.0 Å². The van der Waals surface area contributed by atoms with Gasteiger partial charge in [-0.05, 0) is 18.2 Å². The molecule has 0 atom stereocenters. The van der Waals surface area contributed by atoms with Crippen LogP contribution in [0.4, 0.5) is 18.9 Å². The van der Waals surface area contributed by atoms with Gasteiger partial charge in [-0.25, -0.2) is 0 Å². The summed E-state index contributed by atoms with van der Waals surface area (Å²) in [7, 11) is 4.36. The lowest BCUT2D eigenvalue weighted by Gasteiger charge is -2.17. The number of alkyl halides is 3. The number of amides is 2. The molecule has 2 rings (SSSR count). The van der Waals surface area contributed by atoms with Crippen molar-refractivity contribution in [2.45, 2.75) is 6.18 Å². The molecule has 0 aliphatic rings. The Bertz CT molecular complexity index is 817. The second-order valence-electron chi connectivity index (χ2n) is 5.51. The van der Waals surface area contributed by atoms with Gasteiger partial charge in [0.2, 0.25) is 11.8 Å². The van der Waals surface area contributed by atoms with Crippen LogP contribution in [-0.2, 0) is 18.0 Å². The third kappa shape index (κ3) is 4.52. The van der Waals surface area contributed by atoms with Crippen LogP contribution in [0.3, 0.4) is 0 Å². The minimum atomic E-state index is -4.51. The highest BCUT2D eigenvalue weighted by Crippen LogP contribution is 2.30. The quantitative estimate of drug-likeness (QED) is 0.875. The van der Waals surface area contributed by atoms with Crippen molar-refractivity contribution in [3.8, 4) is 5.88 Å². The Kier molecular flexibility index (Phi) is 5.53. The number of aromatic nitrogens is 2. The molecular formula is C16H17F3N4O3. The summed E-state index contributed by atoms with van der Waals surface area (Å²) in [6.07, 6.45) is -3.06. The molecule has 26 heavy (non-hydrogen) atoms. The van der Waals surface area contributed by atoms with Gasteiger partial charge in [-0.2, -0.15) is 13.2 Å². The first kappa shape index (κ1) is 19.3. The van der Waals surface area contributed by atoms with Gasteiger partial charge in [0.05, 0.1) is 19.2 Å². The largest absolute Gasteiger partial charge is 0.479 e. The van der Waals surface area contributed by atoms with E-state index in [1.165, 1.54) is 37.2 Å². The summed E-state index contributed by atoms with van der Waals surface area (Å²) in [5.41, 5.74) is -0.714. The third-order valence-electron chi connectivity index (χ3n) is 3.42. The first-order valence-corrected chi connectivity index (χ1v) is 7.42. The van der Waals surface area contributed by atoms with E-state index in [2.05, 4.69) is 10.4 Å². The van der Waals surface area contributed by atoms with Crippen LogP contribution >= 0.6 is 0 Å². The smallest absolute Gasteiger partial charge is 0.416 e. The maximum atomic E-state index is 12.7. The number of carbonyl (C=O) groups is 2. The summed E-state index contributed by atoms with van der Waals surface area (Å²) in [5, 5.41) is 6.29. The predicted octanol–water partition coefficient (Wildman–Crippen LogP) is 2.16. The molecule has 0 unspecified atom stereocenters. The fourth-order valence-corrected chi connectivity index (χ4v) is 2.23. The number of nitrogens with one attached hydrogen (secondary N) is 1. The molecule has 1 N–H and O–H groups in total. The van der Waals surface area contributed by atoms with Crippen LogP contribution < -0.4 is 10.1 Å². The predicted molar refractivity (Wildman–Crippen MR) is 86.8 cm³/mol. The number of halogens is 3. The Balaban J connectivity index is 2.04. The van der Waals surface area contributed by atoms with Gasteiger partial charge >= 0.3 is 6.18 Å². The number of aryl methyl sites for hydroxylation is 1. The van der Waals surface area contributed by atoms with Gasteiger partial charge < -0.3 is 15.0 Å². The molecule has 1 aromatic carbocycles. The molecule has 0 bridgehead atoms. The van der Waals surface area contributed by atoms with Crippen LogP contribution in [0.5, 0.6) is 5.88 Å². The molecular weight excluding hydrogens is 353 g/mol. The van der Waals surface area contributed by atoms with Gasteiger partial charge in [0.25, 0.3) is 5.91 Å². The molecule has 1 aromatic heterocycles. The summed E-state index contributed by atoms with van der Waals surface area (Å²) in [5.74, 6) is -1.03. The van der Waals surface area contributed by atoms with E-state index in [9.17, 15) is 22.8 Å². The second-order valence-corrected chi connectivity index (χ2v) is 5.51. The Morgan fingerprint density at radius 3 is 2.65 bits per heavy atom. The molecule has 7 nitrogen and oxygen atoms in total. The minimum Gasteiger partial charge on any atom is -0.479 e. The zero-order valence-corrected chi connectivity index (χ0v) is 14.3. The van der Waals surface area contributed by atoms with E-state index in [1.807, 2.05) is 0 Å². The molecule has 2 amide bonds. The number of anilines is 1. The van der Waals surface area contributed by atoms with Crippen LogP contribution in [0.2, 0.25) is 0 Å². The van der Waals surface area contributed by atoms with E-state index in [4.69, 9.17) is 4.74 Å². The van der Waals surface area contributed by atoms with Crippen molar-refractivity contribution in [3.05, 3.63) is 41.6 Å². The Labute approximate surface area is 147 Å². The number of rotatable bonds is 5. The Morgan fingerprint density at radius 1 is 1.35 bits per heavy atom. The van der Waals surface area contributed by atoms with Crippen molar-refractivity contribution in [1.82, 2.24) is 14.7 Å². The summed E-state index contributed by atoms with van der Waals surface area (Å²) in [6.45, 7) is -0.354. The summed E-state index contributed by atoms with van der Waals surface area (Å²) < 4.78 is 44.5. The van der Waals surface area contributed by atoms with Gasteiger partial charge in [0, 0.05) is 26.0 Å². The van der Waals surface area contributed by atoms with E-state index in [0.717, 1.165) is 17.0 Å². The Hall–Kier alpha value is -3.04. The first-order valence-electron chi connectivity index (χ1n) is 7.42.